The summed E-state index contributed by atoms with van der Waals surface area (Å²) in [5, 5.41) is 0. The van der Waals surface area contributed by atoms with Gasteiger partial charge in [-0.05, 0) is 44.2 Å². The van der Waals surface area contributed by atoms with Crippen LogP contribution in [0.15, 0.2) is 24.3 Å². The first-order valence-electron chi connectivity index (χ1n) is 9.52. The summed E-state index contributed by atoms with van der Waals surface area (Å²) in [5.41, 5.74) is 1.07. The molecular weight excluding hydrogens is 316 g/mol. The second-order valence-corrected chi connectivity index (χ2v) is 7.03. The van der Waals surface area contributed by atoms with Gasteiger partial charge in [-0.1, -0.05) is 18.2 Å². The van der Waals surface area contributed by atoms with Gasteiger partial charge < -0.3 is 14.4 Å². The normalized spacial score (nSPS) is 22.0. The lowest BCUT2D eigenvalue weighted by molar-refractivity contribution is -0.137. The molecule has 1 aromatic carbocycles. The van der Waals surface area contributed by atoms with Crippen LogP contribution in [0.25, 0.3) is 0 Å². The van der Waals surface area contributed by atoms with E-state index in [0.29, 0.717) is 6.04 Å². The van der Waals surface area contributed by atoms with Crippen LogP contribution in [-0.4, -0.2) is 67.7 Å². The standard InChI is InChI=1S/C20H30N2O3/c1-17-6-2-3-8-19(17)25-16-20(23)22-10-5-4-7-18(22)9-11-21-12-14-24-15-13-21/h2-3,6,8,18H,4-5,7,9-16H2,1H3. The van der Waals surface area contributed by atoms with Crippen LogP contribution in [0.2, 0.25) is 0 Å². The topological polar surface area (TPSA) is 42.0 Å². The Morgan fingerprint density at radius 2 is 2.00 bits per heavy atom. The summed E-state index contributed by atoms with van der Waals surface area (Å²) in [6.45, 7) is 7.74. The van der Waals surface area contributed by atoms with E-state index in [-0.39, 0.29) is 12.5 Å². The van der Waals surface area contributed by atoms with Crippen LogP contribution < -0.4 is 4.74 Å². The average Bonchev–Trinajstić information content (AvgIpc) is 2.66. The van der Waals surface area contributed by atoms with Gasteiger partial charge in [-0.25, -0.2) is 0 Å². The molecular formula is C20H30N2O3. The van der Waals surface area contributed by atoms with Gasteiger partial charge in [0.25, 0.3) is 5.91 Å². The van der Waals surface area contributed by atoms with E-state index in [1.54, 1.807) is 0 Å². The van der Waals surface area contributed by atoms with Gasteiger partial charge in [-0.15, -0.1) is 0 Å². The number of likely N-dealkylation sites (tertiary alicyclic amines) is 1. The van der Waals surface area contributed by atoms with Gasteiger partial charge in [-0.2, -0.15) is 0 Å². The van der Waals surface area contributed by atoms with Crippen molar-refractivity contribution in [2.45, 2.75) is 38.6 Å². The fourth-order valence-electron chi connectivity index (χ4n) is 3.73. The molecule has 0 saturated carbocycles. The van der Waals surface area contributed by atoms with E-state index < -0.39 is 0 Å². The van der Waals surface area contributed by atoms with Crippen molar-refractivity contribution in [3.05, 3.63) is 29.8 Å². The number of hydrogen-bond donors (Lipinski definition) is 0. The molecule has 5 nitrogen and oxygen atoms in total. The monoisotopic (exact) mass is 346 g/mol. The molecule has 2 saturated heterocycles. The number of carbonyl (C=O) groups excluding carboxylic acids is 1. The maximum atomic E-state index is 12.7. The van der Waals surface area contributed by atoms with Gasteiger partial charge in [0.1, 0.15) is 5.75 Å². The van der Waals surface area contributed by atoms with Crippen LogP contribution in [0.1, 0.15) is 31.2 Å². The molecule has 0 spiro atoms. The second-order valence-electron chi connectivity index (χ2n) is 7.03. The van der Waals surface area contributed by atoms with Gasteiger partial charge in [0.15, 0.2) is 6.61 Å². The summed E-state index contributed by atoms with van der Waals surface area (Å²) in [6.07, 6.45) is 4.48. The molecule has 0 aliphatic carbocycles. The fourth-order valence-corrected chi connectivity index (χ4v) is 3.73. The number of morpholine rings is 1. The van der Waals surface area contributed by atoms with Crippen LogP contribution >= 0.6 is 0 Å². The largest absolute Gasteiger partial charge is 0.484 e. The van der Waals surface area contributed by atoms with Crippen LogP contribution in [-0.2, 0) is 9.53 Å². The van der Waals surface area contributed by atoms with E-state index in [9.17, 15) is 4.79 Å². The number of ether oxygens (including phenoxy) is 2. The van der Waals surface area contributed by atoms with Gasteiger partial charge in [0.05, 0.1) is 13.2 Å². The summed E-state index contributed by atoms with van der Waals surface area (Å²) in [7, 11) is 0. The summed E-state index contributed by atoms with van der Waals surface area (Å²) in [4.78, 5) is 17.2. The van der Waals surface area contributed by atoms with Crippen molar-refractivity contribution in [3.63, 3.8) is 0 Å². The highest BCUT2D eigenvalue weighted by atomic mass is 16.5. The molecule has 3 rings (SSSR count). The van der Waals surface area contributed by atoms with E-state index in [0.717, 1.165) is 70.0 Å². The average molecular weight is 346 g/mol. The molecule has 2 aliphatic heterocycles. The third-order valence-electron chi connectivity index (χ3n) is 5.27. The molecule has 1 aromatic rings. The first-order valence-corrected chi connectivity index (χ1v) is 9.52. The number of benzene rings is 1. The smallest absolute Gasteiger partial charge is 0.260 e. The summed E-state index contributed by atoms with van der Waals surface area (Å²) in [5.74, 6) is 0.924. The van der Waals surface area contributed by atoms with Crippen molar-refractivity contribution in [1.82, 2.24) is 9.80 Å². The van der Waals surface area contributed by atoms with E-state index >= 15 is 0 Å². The molecule has 0 radical (unpaired) electrons. The number of nitrogens with zero attached hydrogens (tertiary/aromatic N) is 2. The van der Waals surface area contributed by atoms with Crippen LogP contribution in [0, 0.1) is 6.92 Å². The number of carbonyl (C=O) groups is 1. The van der Waals surface area contributed by atoms with Crippen molar-refractivity contribution in [2.24, 2.45) is 0 Å². The Hall–Kier alpha value is -1.59. The van der Waals surface area contributed by atoms with E-state index in [1.807, 2.05) is 31.2 Å². The zero-order valence-corrected chi connectivity index (χ0v) is 15.3. The van der Waals surface area contributed by atoms with E-state index in [1.165, 1.54) is 6.42 Å². The molecule has 138 valence electrons. The Balaban J connectivity index is 1.50. The first-order chi connectivity index (χ1) is 12.2. The Bertz CT molecular complexity index is 558. The van der Waals surface area contributed by atoms with Crippen molar-refractivity contribution in [1.29, 1.82) is 0 Å². The van der Waals surface area contributed by atoms with E-state index in [2.05, 4.69) is 9.80 Å². The molecule has 1 amide bonds. The third kappa shape index (κ3) is 5.19. The maximum absolute atomic E-state index is 12.7. The molecule has 25 heavy (non-hydrogen) atoms. The van der Waals surface area contributed by atoms with Crippen LogP contribution in [0.5, 0.6) is 5.75 Å². The lowest BCUT2D eigenvalue weighted by Crippen LogP contribution is -2.47. The zero-order valence-electron chi connectivity index (χ0n) is 15.3. The van der Waals surface area contributed by atoms with E-state index in [4.69, 9.17) is 9.47 Å². The summed E-state index contributed by atoms with van der Waals surface area (Å²) < 4.78 is 11.2. The molecule has 2 heterocycles. The predicted molar refractivity (Wildman–Crippen MR) is 97.9 cm³/mol. The minimum Gasteiger partial charge on any atom is -0.484 e. The van der Waals surface area contributed by atoms with Crippen LogP contribution in [0.3, 0.4) is 0 Å². The first kappa shape index (κ1) is 18.2. The Kier molecular flexibility index (Phi) is 6.70. The molecule has 0 bridgehead atoms. The molecule has 5 heteroatoms. The number of aryl methyl sites for hydroxylation is 1. The van der Waals surface area contributed by atoms with Crippen molar-refractivity contribution in [2.75, 3.05) is 46.0 Å². The van der Waals surface area contributed by atoms with Gasteiger partial charge in [-0.3, -0.25) is 9.69 Å². The molecule has 0 aromatic heterocycles. The lowest BCUT2D eigenvalue weighted by Gasteiger charge is -2.37. The van der Waals surface area contributed by atoms with Gasteiger partial charge >= 0.3 is 0 Å². The highest BCUT2D eigenvalue weighted by Gasteiger charge is 2.27. The van der Waals surface area contributed by atoms with Crippen molar-refractivity contribution >= 4 is 5.91 Å². The Morgan fingerprint density at radius 1 is 1.20 bits per heavy atom. The number of hydrogen-bond acceptors (Lipinski definition) is 4. The zero-order chi connectivity index (χ0) is 17.5. The molecule has 0 N–H and O–H groups in total. The Morgan fingerprint density at radius 3 is 2.80 bits per heavy atom. The van der Waals surface area contributed by atoms with Crippen LogP contribution in [0.4, 0.5) is 0 Å². The third-order valence-corrected chi connectivity index (χ3v) is 5.27. The number of rotatable bonds is 6. The number of para-hydroxylation sites is 1. The van der Waals surface area contributed by atoms with Crippen molar-refractivity contribution < 1.29 is 14.3 Å². The van der Waals surface area contributed by atoms with Gasteiger partial charge in [0.2, 0.25) is 0 Å². The quantitative estimate of drug-likeness (QED) is 0.794. The molecule has 1 unspecified atom stereocenters. The fraction of sp³-hybridized carbons (Fsp3) is 0.650. The summed E-state index contributed by atoms with van der Waals surface area (Å²) >= 11 is 0. The minimum absolute atomic E-state index is 0.120. The molecule has 1 atom stereocenters. The highest BCUT2D eigenvalue weighted by molar-refractivity contribution is 5.78. The van der Waals surface area contributed by atoms with Crippen molar-refractivity contribution in [3.8, 4) is 5.75 Å². The number of amides is 1. The second kappa shape index (κ2) is 9.20. The maximum Gasteiger partial charge on any atom is 0.260 e. The predicted octanol–water partition coefficient (Wildman–Crippen LogP) is 2.48. The number of piperidine rings is 1. The molecule has 2 fully saturated rings. The SMILES string of the molecule is Cc1ccccc1OCC(=O)N1CCCCC1CCN1CCOCC1. The highest BCUT2D eigenvalue weighted by Crippen LogP contribution is 2.21. The minimum atomic E-state index is 0.120. The molecule has 2 aliphatic rings. The summed E-state index contributed by atoms with van der Waals surface area (Å²) in [6, 6.07) is 8.21. The lowest BCUT2D eigenvalue weighted by atomic mass is 9.99. The Labute approximate surface area is 150 Å². The van der Waals surface area contributed by atoms with Gasteiger partial charge in [0, 0.05) is 32.2 Å².